The summed E-state index contributed by atoms with van der Waals surface area (Å²) in [5, 5.41) is 12.7. The topological polar surface area (TPSA) is 106 Å². The van der Waals surface area contributed by atoms with Gasteiger partial charge in [-0.2, -0.15) is 0 Å². The van der Waals surface area contributed by atoms with Gasteiger partial charge in [-0.1, -0.05) is 43.7 Å². The maximum atomic E-state index is 12.2. The molecule has 1 aromatic heterocycles. The Morgan fingerprint density at radius 3 is 2.61 bits per heavy atom. The number of aryl methyl sites for hydroxylation is 1. The first-order chi connectivity index (χ1) is 15.0. The van der Waals surface area contributed by atoms with Gasteiger partial charge in [-0.25, -0.2) is 9.59 Å². The molecule has 0 saturated heterocycles. The molecule has 0 saturated carbocycles. The molecule has 1 heterocycles. The summed E-state index contributed by atoms with van der Waals surface area (Å²) in [7, 11) is 0. The lowest BCUT2D eigenvalue weighted by Gasteiger charge is -2.15. The summed E-state index contributed by atoms with van der Waals surface area (Å²) in [6.07, 6.45) is 2.92. The van der Waals surface area contributed by atoms with Gasteiger partial charge < -0.3 is 19.6 Å². The molecule has 0 radical (unpaired) electrons. The Kier molecular flexibility index (Phi) is 7.43. The van der Waals surface area contributed by atoms with Crippen molar-refractivity contribution in [3.63, 3.8) is 0 Å². The first-order valence-electron chi connectivity index (χ1n) is 10.2. The van der Waals surface area contributed by atoms with Crippen LogP contribution in [0.3, 0.4) is 0 Å². The molecule has 0 aliphatic heterocycles. The number of carboxylic acid groups (broad SMARTS) is 1. The summed E-state index contributed by atoms with van der Waals surface area (Å²) in [5.41, 5.74) is 1.69. The van der Waals surface area contributed by atoms with Crippen molar-refractivity contribution < 1.29 is 23.8 Å². The summed E-state index contributed by atoms with van der Waals surface area (Å²) in [6, 6.07) is 14.6. The highest BCUT2D eigenvalue weighted by atomic mass is 16.5. The van der Waals surface area contributed by atoms with E-state index < -0.39 is 23.5 Å². The molecule has 0 aliphatic rings. The van der Waals surface area contributed by atoms with E-state index in [1.807, 2.05) is 18.2 Å². The molecular weight excluding hydrogens is 398 g/mol. The van der Waals surface area contributed by atoms with Crippen molar-refractivity contribution in [2.45, 2.75) is 38.6 Å². The molecule has 162 valence electrons. The van der Waals surface area contributed by atoms with Crippen LogP contribution in [0.25, 0.3) is 11.0 Å². The Morgan fingerprint density at radius 2 is 1.90 bits per heavy atom. The summed E-state index contributed by atoms with van der Waals surface area (Å²) in [6.45, 7) is 1.73. The normalized spacial score (nSPS) is 11.8. The predicted octanol–water partition coefficient (Wildman–Crippen LogP) is 3.33. The largest absolute Gasteiger partial charge is 0.484 e. The molecule has 1 amide bonds. The average Bonchev–Trinajstić information content (AvgIpc) is 2.75. The van der Waals surface area contributed by atoms with Crippen LogP contribution in [0.1, 0.15) is 30.9 Å². The summed E-state index contributed by atoms with van der Waals surface area (Å²) >= 11 is 0. The SMILES string of the molecule is CCCCc1cc(=O)oc2cc(OCC(=O)N[C@H](Cc3ccccc3)C(=O)O)ccc12. The van der Waals surface area contributed by atoms with Crippen LogP contribution in [0, 0.1) is 0 Å². The molecule has 31 heavy (non-hydrogen) atoms. The van der Waals surface area contributed by atoms with Crippen molar-refractivity contribution in [3.05, 3.63) is 76.1 Å². The Balaban J connectivity index is 1.65. The minimum absolute atomic E-state index is 0.170. The highest BCUT2D eigenvalue weighted by Crippen LogP contribution is 2.23. The predicted molar refractivity (Wildman–Crippen MR) is 116 cm³/mol. The van der Waals surface area contributed by atoms with Gasteiger partial charge in [-0.3, -0.25) is 4.79 Å². The fourth-order valence-electron chi connectivity index (χ4n) is 3.31. The van der Waals surface area contributed by atoms with E-state index in [0.29, 0.717) is 11.3 Å². The lowest BCUT2D eigenvalue weighted by Crippen LogP contribution is -2.44. The summed E-state index contributed by atoms with van der Waals surface area (Å²) in [5.74, 6) is -1.32. The highest BCUT2D eigenvalue weighted by molar-refractivity contribution is 5.85. The zero-order valence-corrected chi connectivity index (χ0v) is 17.3. The van der Waals surface area contributed by atoms with Crippen molar-refractivity contribution in [2.75, 3.05) is 6.61 Å². The second kappa shape index (κ2) is 10.4. The van der Waals surface area contributed by atoms with Crippen LogP contribution in [0.2, 0.25) is 0 Å². The van der Waals surface area contributed by atoms with E-state index in [1.54, 1.807) is 30.3 Å². The molecule has 3 rings (SSSR count). The number of carbonyl (C=O) groups is 2. The van der Waals surface area contributed by atoms with Gasteiger partial charge in [0.2, 0.25) is 0 Å². The average molecular weight is 423 g/mol. The first-order valence-corrected chi connectivity index (χ1v) is 10.2. The Bertz CT molecular complexity index is 1110. The zero-order chi connectivity index (χ0) is 22.2. The van der Waals surface area contributed by atoms with Crippen LogP contribution in [0.5, 0.6) is 5.75 Å². The number of aliphatic carboxylic acids is 1. The molecule has 1 atom stereocenters. The Hall–Kier alpha value is -3.61. The number of unbranched alkanes of at least 4 members (excludes halogenated alkanes) is 1. The van der Waals surface area contributed by atoms with Crippen LogP contribution < -0.4 is 15.7 Å². The minimum atomic E-state index is -1.12. The molecule has 0 unspecified atom stereocenters. The van der Waals surface area contributed by atoms with Gasteiger partial charge in [0.25, 0.3) is 5.91 Å². The first kappa shape index (κ1) is 22.1. The molecule has 7 heteroatoms. The Morgan fingerprint density at radius 1 is 1.13 bits per heavy atom. The molecule has 0 spiro atoms. The number of benzene rings is 2. The van der Waals surface area contributed by atoms with Crippen molar-refractivity contribution in [1.82, 2.24) is 5.32 Å². The van der Waals surface area contributed by atoms with Gasteiger partial charge >= 0.3 is 11.6 Å². The van der Waals surface area contributed by atoms with Gasteiger partial charge in [-0.15, -0.1) is 0 Å². The molecule has 2 N–H and O–H groups in total. The highest BCUT2D eigenvalue weighted by Gasteiger charge is 2.20. The number of hydrogen-bond donors (Lipinski definition) is 2. The standard InChI is InChI=1S/C24H25NO6/c1-2-3-9-17-13-23(27)31-21-14-18(10-11-19(17)21)30-15-22(26)25-20(24(28)29)12-16-7-5-4-6-8-16/h4-8,10-11,13-14,20H,2-3,9,12,15H2,1H3,(H,25,26)(H,28,29)/t20-/m1/s1. The van der Waals surface area contributed by atoms with Crippen molar-refractivity contribution in [2.24, 2.45) is 0 Å². The number of nitrogens with one attached hydrogen (secondary N) is 1. The second-order valence-corrected chi connectivity index (χ2v) is 7.29. The number of amides is 1. The quantitative estimate of drug-likeness (QED) is 0.485. The van der Waals surface area contributed by atoms with Gasteiger partial charge in [0, 0.05) is 23.9 Å². The number of ether oxygens (including phenoxy) is 1. The minimum Gasteiger partial charge on any atom is -0.484 e. The van der Waals surface area contributed by atoms with Crippen LogP contribution in [-0.2, 0) is 22.4 Å². The lowest BCUT2D eigenvalue weighted by molar-refractivity contribution is -0.142. The van der Waals surface area contributed by atoms with Crippen LogP contribution in [-0.4, -0.2) is 29.6 Å². The van der Waals surface area contributed by atoms with E-state index in [0.717, 1.165) is 35.8 Å². The number of rotatable bonds is 10. The smallest absolute Gasteiger partial charge is 0.336 e. The molecule has 3 aromatic rings. The number of carbonyl (C=O) groups excluding carboxylic acids is 1. The number of hydrogen-bond acceptors (Lipinski definition) is 5. The molecule has 7 nitrogen and oxygen atoms in total. The number of carboxylic acids is 1. The van der Waals surface area contributed by atoms with E-state index in [4.69, 9.17) is 9.15 Å². The van der Waals surface area contributed by atoms with Crippen LogP contribution in [0.15, 0.2) is 63.8 Å². The maximum absolute atomic E-state index is 12.2. The van der Waals surface area contributed by atoms with Gasteiger partial charge in [0.1, 0.15) is 17.4 Å². The van der Waals surface area contributed by atoms with E-state index in [-0.39, 0.29) is 13.0 Å². The third-order valence-electron chi connectivity index (χ3n) is 4.89. The van der Waals surface area contributed by atoms with Gasteiger partial charge in [0.15, 0.2) is 6.61 Å². The van der Waals surface area contributed by atoms with E-state index >= 15 is 0 Å². The zero-order valence-electron chi connectivity index (χ0n) is 17.3. The van der Waals surface area contributed by atoms with Gasteiger partial charge in [0.05, 0.1) is 0 Å². The van der Waals surface area contributed by atoms with Crippen LogP contribution in [0.4, 0.5) is 0 Å². The maximum Gasteiger partial charge on any atom is 0.336 e. The fourth-order valence-corrected chi connectivity index (χ4v) is 3.31. The van der Waals surface area contributed by atoms with Crippen molar-refractivity contribution >= 4 is 22.8 Å². The monoisotopic (exact) mass is 423 g/mol. The number of fused-ring (bicyclic) bond motifs is 1. The molecule has 2 aromatic carbocycles. The summed E-state index contributed by atoms with van der Waals surface area (Å²) in [4.78, 5) is 35.6. The third kappa shape index (κ3) is 6.18. The van der Waals surface area contributed by atoms with Crippen molar-refractivity contribution in [1.29, 1.82) is 0 Å². The third-order valence-corrected chi connectivity index (χ3v) is 4.89. The lowest BCUT2D eigenvalue weighted by atomic mass is 10.0. The molecule has 0 aliphatic carbocycles. The van der Waals surface area contributed by atoms with E-state index in [2.05, 4.69) is 12.2 Å². The molecule has 0 bridgehead atoms. The second-order valence-electron chi connectivity index (χ2n) is 7.29. The van der Waals surface area contributed by atoms with Crippen molar-refractivity contribution in [3.8, 4) is 5.75 Å². The van der Waals surface area contributed by atoms with E-state index in [9.17, 15) is 19.5 Å². The fraction of sp³-hybridized carbons (Fsp3) is 0.292. The molecule has 0 fully saturated rings. The summed E-state index contributed by atoms with van der Waals surface area (Å²) < 4.78 is 10.8. The molecular formula is C24H25NO6. The van der Waals surface area contributed by atoms with Crippen LogP contribution >= 0.6 is 0 Å². The van der Waals surface area contributed by atoms with E-state index in [1.165, 1.54) is 6.07 Å². The van der Waals surface area contributed by atoms with Gasteiger partial charge in [-0.05, 0) is 36.1 Å². The Labute approximate surface area is 179 Å².